The van der Waals surface area contributed by atoms with Gasteiger partial charge in [0.1, 0.15) is 5.75 Å². The molecule has 0 spiro atoms. The molecular formula is C12H15Cl2NO2. The summed E-state index contributed by atoms with van der Waals surface area (Å²) in [4.78, 5) is -0.900. The average Bonchev–Trinajstić information content (AvgIpc) is 2.31. The Morgan fingerprint density at radius 1 is 1.41 bits per heavy atom. The van der Waals surface area contributed by atoms with Gasteiger partial charge in [-0.25, -0.2) is 0 Å². The van der Waals surface area contributed by atoms with Crippen molar-refractivity contribution in [2.45, 2.75) is 18.2 Å². The standard InChI is InChI=1S/C12H15Cl2NO2/c1-8-3-4-9(7-10(8)16-2)5-6-17-12(15)11(13)14/h3-4,7,11,15H,5-6H2,1-2H3. The molecule has 17 heavy (non-hydrogen) atoms. The van der Waals surface area contributed by atoms with Gasteiger partial charge in [0.25, 0.3) is 0 Å². The van der Waals surface area contributed by atoms with Gasteiger partial charge in [-0.3, -0.25) is 5.41 Å². The van der Waals surface area contributed by atoms with Crippen molar-refractivity contribution >= 4 is 29.1 Å². The van der Waals surface area contributed by atoms with Crippen molar-refractivity contribution in [1.29, 1.82) is 5.41 Å². The van der Waals surface area contributed by atoms with Crippen molar-refractivity contribution in [3.63, 3.8) is 0 Å². The Kier molecular flexibility index (Phi) is 5.59. The summed E-state index contributed by atoms with van der Waals surface area (Å²) in [6.45, 7) is 2.36. The maximum atomic E-state index is 7.31. The second-order valence-corrected chi connectivity index (χ2v) is 4.66. The van der Waals surface area contributed by atoms with Crippen LogP contribution in [0, 0.1) is 12.3 Å². The Hall–Kier alpha value is -0.930. The number of alkyl halides is 2. The minimum Gasteiger partial charge on any atom is -0.496 e. The molecule has 0 atom stereocenters. The van der Waals surface area contributed by atoms with E-state index in [-0.39, 0.29) is 5.90 Å². The van der Waals surface area contributed by atoms with Crippen molar-refractivity contribution in [2.75, 3.05) is 13.7 Å². The third-order valence-electron chi connectivity index (χ3n) is 2.32. The second kappa shape index (κ2) is 6.72. The highest BCUT2D eigenvalue weighted by Gasteiger charge is 2.08. The SMILES string of the molecule is COc1cc(CCOC(=N)C(Cl)Cl)ccc1C. The van der Waals surface area contributed by atoms with Crippen LogP contribution in [0.3, 0.4) is 0 Å². The molecule has 1 rings (SSSR count). The zero-order valence-electron chi connectivity index (χ0n) is 9.80. The molecule has 0 aromatic heterocycles. The van der Waals surface area contributed by atoms with Crippen LogP contribution in [0.4, 0.5) is 0 Å². The van der Waals surface area contributed by atoms with Crippen molar-refractivity contribution < 1.29 is 9.47 Å². The lowest BCUT2D eigenvalue weighted by Crippen LogP contribution is -2.13. The molecule has 1 aromatic carbocycles. The number of methoxy groups -OCH3 is 1. The van der Waals surface area contributed by atoms with Crippen LogP contribution < -0.4 is 4.74 Å². The molecule has 94 valence electrons. The highest BCUT2D eigenvalue weighted by atomic mass is 35.5. The fourth-order valence-electron chi connectivity index (χ4n) is 1.36. The van der Waals surface area contributed by atoms with E-state index in [2.05, 4.69) is 0 Å². The van der Waals surface area contributed by atoms with E-state index in [1.165, 1.54) is 0 Å². The van der Waals surface area contributed by atoms with Gasteiger partial charge < -0.3 is 9.47 Å². The summed E-state index contributed by atoms with van der Waals surface area (Å²) < 4.78 is 10.3. The topological polar surface area (TPSA) is 42.3 Å². The molecule has 0 fully saturated rings. The molecular weight excluding hydrogens is 261 g/mol. The first kappa shape index (κ1) is 14.1. The van der Waals surface area contributed by atoms with Gasteiger partial charge in [0.15, 0.2) is 4.84 Å². The summed E-state index contributed by atoms with van der Waals surface area (Å²) in [6.07, 6.45) is 0.680. The molecule has 0 aliphatic carbocycles. The van der Waals surface area contributed by atoms with E-state index in [1.54, 1.807) is 7.11 Å². The largest absolute Gasteiger partial charge is 0.496 e. The van der Waals surface area contributed by atoms with Gasteiger partial charge in [0, 0.05) is 6.42 Å². The number of aryl methyl sites for hydroxylation is 1. The molecule has 0 aliphatic heterocycles. The minimum absolute atomic E-state index is 0.118. The van der Waals surface area contributed by atoms with Gasteiger partial charge in [0.2, 0.25) is 5.90 Å². The smallest absolute Gasteiger partial charge is 0.214 e. The zero-order chi connectivity index (χ0) is 12.8. The zero-order valence-corrected chi connectivity index (χ0v) is 11.3. The number of hydrogen-bond donors (Lipinski definition) is 1. The predicted octanol–water partition coefficient (Wildman–Crippen LogP) is 3.34. The van der Waals surface area contributed by atoms with Crippen molar-refractivity contribution in [2.24, 2.45) is 0 Å². The van der Waals surface area contributed by atoms with Crippen LogP contribution in [-0.2, 0) is 11.2 Å². The third-order valence-corrected chi connectivity index (χ3v) is 2.72. The maximum Gasteiger partial charge on any atom is 0.214 e. The molecule has 1 N–H and O–H groups in total. The van der Waals surface area contributed by atoms with E-state index in [9.17, 15) is 0 Å². The first-order valence-corrected chi connectivity index (χ1v) is 6.04. The van der Waals surface area contributed by atoms with Gasteiger partial charge in [-0.05, 0) is 24.1 Å². The fourth-order valence-corrected chi connectivity index (χ4v) is 1.49. The monoisotopic (exact) mass is 275 g/mol. The number of benzene rings is 1. The molecule has 0 saturated heterocycles. The summed E-state index contributed by atoms with van der Waals surface area (Å²) >= 11 is 10.9. The van der Waals surface area contributed by atoms with E-state index in [0.717, 1.165) is 16.9 Å². The van der Waals surface area contributed by atoms with E-state index >= 15 is 0 Å². The van der Waals surface area contributed by atoms with E-state index in [0.29, 0.717) is 13.0 Å². The molecule has 0 aliphatic rings. The Morgan fingerprint density at radius 3 is 2.71 bits per heavy atom. The van der Waals surface area contributed by atoms with E-state index < -0.39 is 4.84 Å². The van der Waals surface area contributed by atoms with Gasteiger partial charge in [-0.15, -0.1) is 0 Å². The number of nitrogens with one attached hydrogen (secondary N) is 1. The lowest BCUT2D eigenvalue weighted by molar-refractivity contribution is 0.302. The first-order chi connectivity index (χ1) is 8.04. The third kappa shape index (κ3) is 4.44. The molecule has 0 bridgehead atoms. The highest BCUT2D eigenvalue weighted by molar-refractivity contribution is 6.53. The van der Waals surface area contributed by atoms with Crippen molar-refractivity contribution in [3.05, 3.63) is 29.3 Å². The van der Waals surface area contributed by atoms with Crippen molar-refractivity contribution in [1.82, 2.24) is 0 Å². The van der Waals surface area contributed by atoms with Gasteiger partial charge in [0.05, 0.1) is 13.7 Å². The predicted molar refractivity (Wildman–Crippen MR) is 70.6 cm³/mol. The normalized spacial score (nSPS) is 10.4. The lowest BCUT2D eigenvalue weighted by Gasteiger charge is -2.09. The number of rotatable bonds is 5. The summed E-state index contributed by atoms with van der Waals surface area (Å²) in [5.41, 5.74) is 2.17. The van der Waals surface area contributed by atoms with E-state index in [1.807, 2.05) is 25.1 Å². The second-order valence-electron chi connectivity index (χ2n) is 3.57. The van der Waals surface area contributed by atoms with Crippen LogP contribution >= 0.6 is 23.2 Å². The first-order valence-electron chi connectivity index (χ1n) is 5.17. The summed E-state index contributed by atoms with van der Waals surface area (Å²) in [5, 5.41) is 7.31. The summed E-state index contributed by atoms with van der Waals surface area (Å²) in [7, 11) is 1.64. The molecule has 0 amide bonds. The van der Waals surface area contributed by atoms with E-state index in [4.69, 9.17) is 38.1 Å². The minimum atomic E-state index is -0.900. The van der Waals surface area contributed by atoms with Crippen LogP contribution in [0.25, 0.3) is 0 Å². The average molecular weight is 276 g/mol. The van der Waals surface area contributed by atoms with Crippen LogP contribution in [0.5, 0.6) is 5.75 Å². The Morgan fingerprint density at radius 2 is 2.12 bits per heavy atom. The highest BCUT2D eigenvalue weighted by Crippen LogP contribution is 2.19. The number of hydrogen-bond acceptors (Lipinski definition) is 3. The number of ether oxygens (including phenoxy) is 2. The Bertz CT molecular complexity index is 394. The molecule has 0 heterocycles. The van der Waals surface area contributed by atoms with Gasteiger partial charge >= 0.3 is 0 Å². The van der Waals surface area contributed by atoms with Crippen LogP contribution in [0.1, 0.15) is 11.1 Å². The molecule has 0 unspecified atom stereocenters. The lowest BCUT2D eigenvalue weighted by atomic mass is 10.1. The van der Waals surface area contributed by atoms with Crippen LogP contribution in [0.2, 0.25) is 0 Å². The molecule has 0 radical (unpaired) electrons. The molecule has 1 aromatic rings. The van der Waals surface area contributed by atoms with Crippen molar-refractivity contribution in [3.8, 4) is 5.75 Å². The number of halogens is 2. The maximum absolute atomic E-state index is 7.31. The Labute approximate surface area is 111 Å². The van der Waals surface area contributed by atoms with Gasteiger partial charge in [-0.1, -0.05) is 35.3 Å². The molecule has 3 nitrogen and oxygen atoms in total. The Balaban J connectivity index is 2.50. The molecule has 0 saturated carbocycles. The van der Waals surface area contributed by atoms with Crippen LogP contribution in [-0.4, -0.2) is 24.5 Å². The van der Waals surface area contributed by atoms with Gasteiger partial charge in [-0.2, -0.15) is 0 Å². The summed E-state index contributed by atoms with van der Waals surface area (Å²) in [6, 6.07) is 5.95. The quantitative estimate of drug-likeness (QED) is 0.509. The summed E-state index contributed by atoms with van der Waals surface area (Å²) in [5.74, 6) is 0.734. The van der Waals surface area contributed by atoms with Crippen LogP contribution in [0.15, 0.2) is 18.2 Å². The fraction of sp³-hybridized carbons (Fsp3) is 0.417. The molecule has 5 heteroatoms.